The predicted molar refractivity (Wildman–Crippen MR) is 76.1 cm³/mol. The van der Waals surface area contributed by atoms with Crippen molar-refractivity contribution in [1.82, 2.24) is 4.98 Å². The summed E-state index contributed by atoms with van der Waals surface area (Å²) in [7, 11) is 0. The van der Waals surface area contributed by atoms with E-state index in [4.69, 9.17) is 3.07 Å². The summed E-state index contributed by atoms with van der Waals surface area (Å²) in [4.78, 5) is 21.2. The molecular weight excluding hydrogens is 333 g/mol. The number of hydrogen-bond donors (Lipinski definition) is 1. The van der Waals surface area contributed by atoms with Crippen LogP contribution >= 0.6 is 0 Å². The molecule has 0 amide bonds. The van der Waals surface area contributed by atoms with Gasteiger partial charge in [-0.3, -0.25) is 0 Å². The van der Waals surface area contributed by atoms with Gasteiger partial charge in [-0.1, -0.05) is 0 Å². The number of fused-ring (bicyclic) bond motifs is 1. The molecule has 0 spiro atoms. The molecule has 2 rings (SSSR count). The van der Waals surface area contributed by atoms with Crippen molar-refractivity contribution >= 4 is 35.7 Å². The molecule has 1 aromatic carbocycles. The molecule has 0 saturated carbocycles. The number of carbonyl (C=O) groups is 1. The Bertz CT molecular complexity index is 554. The second-order valence-electron chi connectivity index (χ2n) is 5.45. The number of benzene rings is 1. The molecule has 3 nitrogen and oxygen atoms in total. The fourth-order valence-corrected chi connectivity index (χ4v) is 4.21. The van der Waals surface area contributed by atoms with Crippen LogP contribution in [0.1, 0.15) is 12.0 Å². The number of aromatic amines is 1. The van der Waals surface area contributed by atoms with Crippen molar-refractivity contribution in [3.05, 3.63) is 36.0 Å². The van der Waals surface area contributed by atoms with Gasteiger partial charge in [-0.2, -0.15) is 0 Å². The maximum atomic E-state index is 11.7. The van der Waals surface area contributed by atoms with Crippen LogP contribution in [0.2, 0.25) is 14.8 Å². The van der Waals surface area contributed by atoms with Crippen molar-refractivity contribution < 1.29 is 7.87 Å². The van der Waals surface area contributed by atoms with Gasteiger partial charge in [0.1, 0.15) is 0 Å². The van der Waals surface area contributed by atoms with E-state index in [1.165, 1.54) is 10.9 Å². The molecule has 0 aliphatic heterocycles. The third-order valence-corrected chi connectivity index (χ3v) is 5.09. The fourth-order valence-electron chi connectivity index (χ4n) is 1.97. The second-order valence-corrected chi connectivity index (χ2v) is 18.1. The second kappa shape index (κ2) is 5.34. The SMILES string of the molecule is [CH3][Sn]([CH3])([CH3])[O]C(=O)CCc1c[nH]c2ccccc12. The number of aromatic nitrogens is 1. The number of nitrogens with one attached hydrogen (secondary N) is 1. The van der Waals surface area contributed by atoms with Crippen molar-refractivity contribution in [1.29, 1.82) is 0 Å². The molecule has 0 radical (unpaired) electrons. The molecule has 0 aliphatic rings. The van der Waals surface area contributed by atoms with Gasteiger partial charge in [0.05, 0.1) is 0 Å². The van der Waals surface area contributed by atoms with E-state index in [0.717, 1.165) is 11.9 Å². The van der Waals surface area contributed by atoms with Crippen molar-refractivity contribution in [3.8, 4) is 0 Å². The summed E-state index contributed by atoms with van der Waals surface area (Å²) in [5.74, 6) is -0.0522. The molecule has 0 bridgehead atoms. The molecular formula is C14H19NO2Sn. The summed E-state index contributed by atoms with van der Waals surface area (Å²) in [5, 5.41) is 1.20. The summed E-state index contributed by atoms with van der Waals surface area (Å²) in [6.07, 6.45) is 3.19. The van der Waals surface area contributed by atoms with E-state index in [2.05, 4.69) is 25.9 Å². The first-order valence-corrected chi connectivity index (χ1v) is 16.0. The minimum absolute atomic E-state index is 0.0522. The summed E-state index contributed by atoms with van der Waals surface area (Å²) in [6, 6.07) is 8.15. The van der Waals surface area contributed by atoms with Crippen LogP contribution in [-0.4, -0.2) is 29.7 Å². The Balaban J connectivity index is 2.00. The number of H-pyrrole nitrogens is 1. The summed E-state index contributed by atoms with van der Waals surface area (Å²) < 4.78 is 5.51. The predicted octanol–water partition coefficient (Wildman–Crippen LogP) is 3.48. The Morgan fingerprint density at radius 3 is 2.72 bits per heavy atom. The molecule has 96 valence electrons. The van der Waals surface area contributed by atoms with Gasteiger partial charge in [-0.15, -0.1) is 0 Å². The molecule has 1 heterocycles. The van der Waals surface area contributed by atoms with Gasteiger partial charge in [0.15, 0.2) is 0 Å². The van der Waals surface area contributed by atoms with Gasteiger partial charge in [0.25, 0.3) is 0 Å². The molecule has 2 aromatic rings. The van der Waals surface area contributed by atoms with Gasteiger partial charge in [-0.25, -0.2) is 0 Å². The number of hydrogen-bond acceptors (Lipinski definition) is 2. The fraction of sp³-hybridized carbons (Fsp3) is 0.357. The number of aryl methyl sites for hydroxylation is 1. The van der Waals surface area contributed by atoms with E-state index >= 15 is 0 Å². The van der Waals surface area contributed by atoms with E-state index < -0.39 is 18.8 Å². The molecule has 0 fully saturated rings. The quantitative estimate of drug-likeness (QED) is 0.857. The van der Waals surface area contributed by atoms with E-state index in [-0.39, 0.29) is 5.97 Å². The van der Waals surface area contributed by atoms with Crippen LogP contribution in [0.5, 0.6) is 0 Å². The molecule has 1 N–H and O–H groups in total. The first-order chi connectivity index (χ1) is 8.46. The van der Waals surface area contributed by atoms with E-state index in [1.807, 2.05) is 24.4 Å². The monoisotopic (exact) mass is 353 g/mol. The van der Waals surface area contributed by atoms with Crippen LogP contribution in [0.4, 0.5) is 0 Å². The maximum absolute atomic E-state index is 11.7. The first kappa shape index (κ1) is 13.5. The van der Waals surface area contributed by atoms with E-state index in [1.54, 1.807) is 0 Å². The Morgan fingerprint density at radius 2 is 2.00 bits per heavy atom. The third-order valence-electron chi connectivity index (χ3n) is 2.69. The zero-order chi connectivity index (χ0) is 13.2. The van der Waals surface area contributed by atoms with Gasteiger partial charge >= 0.3 is 112 Å². The molecule has 0 saturated heterocycles. The van der Waals surface area contributed by atoms with Crippen molar-refractivity contribution in [2.24, 2.45) is 0 Å². The van der Waals surface area contributed by atoms with Crippen LogP contribution in [0.3, 0.4) is 0 Å². The Hall–Kier alpha value is -0.971. The molecule has 18 heavy (non-hydrogen) atoms. The van der Waals surface area contributed by atoms with Crippen LogP contribution in [0.15, 0.2) is 30.5 Å². The molecule has 1 aromatic heterocycles. The molecule has 0 unspecified atom stereocenters. The van der Waals surface area contributed by atoms with E-state index in [9.17, 15) is 4.79 Å². The van der Waals surface area contributed by atoms with Gasteiger partial charge in [0.2, 0.25) is 0 Å². The molecule has 0 atom stereocenters. The normalized spacial score (nSPS) is 11.7. The van der Waals surface area contributed by atoms with Gasteiger partial charge < -0.3 is 0 Å². The Morgan fingerprint density at radius 1 is 1.28 bits per heavy atom. The molecule has 4 heteroatoms. The minimum atomic E-state index is -2.44. The van der Waals surface area contributed by atoms with Crippen LogP contribution in [0, 0.1) is 0 Å². The average molecular weight is 352 g/mol. The number of rotatable bonds is 4. The summed E-state index contributed by atoms with van der Waals surface area (Å²) in [5.41, 5.74) is 2.31. The zero-order valence-corrected chi connectivity index (χ0v) is 14.0. The van der Waals surface area contributed by atoms with Gasteiger partial charge in [-0.05, 0) is 0 Å². The summed E-state index contributed by atoms with van der Waals surface area (Å²) in [6.45, 7) is 0. The Kier molecular flexibility index (Phi) is 4.00. The van der Waals surface area contributed by atoms with Crippen molar-refractivity contribution in [2.75, 3.05) is 0 Å². The number of carbonyl (C=O) groups excluding carboxylic acids is 1. The first-order valence-electron chi connectivity index (χ1n) is 6.22. The van der Waals surface area contributed by atoms with Crippen LogP contribution in [0.25, 0.3) is 10.9 Å². The van der Waals surface area contributed by atoms with Gasteiger partial charge in [0, 0.05) is 0 Å². The topological polar surface area (TPSA) is 42.1 Å². The van der Waals surface area contributed by atoms with E-state index in [0.29, 0.717) is 6.42 Å². The zero-order valence-electron chi connectivity index (χ0n) is 11.1. The standard InChI is InChI=1S/C11H11NO2.3CH3.Sn/c13-11(14)6-5-8-7-12-10-4-2-1-3-9(8)10;;;;/h1-4,7,12H,5-6H2,(H,13,14);3*1H3;/q;;;;+1/p-1. The average Bonchev–Trinajstić information content (AvgIpc) is 2.67. The van der Waals surface area contributed by atoms with Crippen LogP contribution < -0.4 is 0 Å². The van der Waals surface area contributed by atoms with Crippen molar-refractivity contribution in [2.45, 2.75) is 27.7 Å². The third kappa shape index (κ3) is 3.51. The Labute approximate surface area is 112 Å². The van der Waals surface area contributed by atoms with Crippen LogP contribution in [-0.2, 0) is 14.3 Å². The van der Waals surface area contributed by atoms with Crippen molar-refractivity contribution in [3.63, 3.8) is 0 Å². The molecule has 0 aliphatic carbocycles. The number of para-hydroxylation sites is 1. The summed E-state index contributed by atoms with van der Waals surface area (Å²) >= 11 is -2.44.